The number of nitrogens with one attached hydrogen (secondary N) is 1. The van der Waals surface area contributed by atoms with E-state index in [1.807, 2.05) is 6.08 Å². The van der Waals surface area contributed by atoms with Gasteiger partial charge in [0.2, 0.25) is 10.6 Å². The monoisotopic (exact) mass is 508 g/mol. The van der Waals surface area contributed by atoms with Crippen LogP contribution < -0.4 is 0 Å². The van der Waals surface area contributed by atoms with E-state index >= 15 is 0 Å². The third-order valence-electron chi connectivity index (χ3n) is 4.72. The largest absolute Gasteiger partial charge is 0.502 e. The van der Waals surface area contributed by atoms with Crippen LogP contribution in [-0.2, 0) is 9.47 Å². The maximum atomic E-state index is 5.78. The van der Waals surface area contributed by atoms with Gasteiger partial charge in [-0.3, -0.25) is 5.10 Å². The topological polar surface area (TPSA) is 117 Å². The first-order valence-corrected chi connectivity index (χ1v) is 11.0. The Balaban J connectivity index is 0.000000195. The lowest BCUT2D eigenvalue weighted by Crippen LogP contribution is -2.19. The molecule has 12 heteroatoms. The van der Waals surface area contributed by atoms with E-state index in [0.29, 0.717) is 5.65 Å². The van der Waals surface area contributed by atoms with Gasteiger partial charge in [-0.05, 0) is 61.4 Å². The van der Waals surface area contributed by atoms with Crippen LogP contribution in [0.15, 0.2) is 37.1 Å². The highest BCUT2D eigenvalue weighted by molar-refractivity contribution is 6.28. The van der Waals surface area contributed by atoms with Crippen molar-refractivity contribution in [1.82, 2.24) is 39.9 Å². The third-order valence-corrected chi connectivity index (χ3v) is 5.08. The number of fused-ring (bicyclic) bond motifs is 2. The lowest BCUT2D eigenvalue weighted by Gasteiger charge is -2.22. The van der Waals surface area contributed by atoms with Crippen molar-refractivity contribution in [3.8, 4) is 0 Å². The molecule has 0 aliphatic carbocycles. The number of halogens is 2. The number of H-pyrrole nitrogens is 1. The van der Waals surface area contributed by atoms with Crippen molar-refractivity contribution in [1.29, 1.82) is 0 Å². The maximum Gasteiger partial charge on any atom is 0.224 e. The maximum absolute atomic E-state index is 5.78. The molecular formula is C22H30Cl2N8O2. The number of hydrogen-bond acceptors (Lipinski definition) is 8. The van der Waals surface area contributed by atoms with Gasteiger partial charge >= 0.3 is 0 Å². The van der Waals surface area contributed by atoms with Crippen LogP contribution in [0.3, 0.4) is 0 Å². The van der Waals surface area contributed by atoms with Gasteiger partial charge in [0.15, 0.2) is 17.5 Å². The van der Waals surface area contributed by atoms with E-state index in [2.05, 4.69) is 35.2 Å². The summed E-state index contributed by atoms with van der Waals surface area (Å²) >= 11 is 11.3. The van der Waals surface area contributed by atoms with E-state index in [-0.39, 0.29) is 31.6 Å². The molecule has 1 N–H and O–H groups in total. The minimum absolute atomic E-state index is 0. The minimum Gasteiger partial charge on any atom is -0.502 e. The van der Waals surface area contributed by atoms with Gasteiger partial charge in [-0.25, -0.2) is 14.6 Å². The molecule has 2 aliphatic heterocycles. The molecule has 10 nitrogen and oxygen atoms in total. The van der Waals surface area contributed by atoms with Gasteiger partial charge in [-0.1, -0.05) is 14.9 Å². The van der Waals surface area contributed by atoms with Gasteiger partial charge in [-0.15, -0.1) is 0 Å². The molecule has 6 heterocycles. The predicted octanol–water partition coefficient (Wildman–Crippen LogP) is 5.77. The number of rotatable bonds is 1. The first-order valence-electron chi connectivity index (χ1n) is 10.3. The number of ether oxygens (including phenoxy) is 2. The van der Waals surface area contributed by atoms with E-state index in [0.717, 1.165) is 48.9 Å². The molecule has 34 heavy (non-hydrogen) atoms. The zero-order valence-corrected chi connectivity index (χ0v) is 18.7. The van der Waals surface area contributed by atoms with Gasteiger partial charge in [0.1, 0.15) is 0 Å². The summed E-state index contributed by atoms with van der Waals surface area (Å²) in [5.41, 5.74) is 1.41. The van der Waals surface area contributed by atoms with Crippen molar-refractivity contribution >= 4 is 45.3 Å². The second-order valence-corrected chi connectivity index (χ2v) is 7.70. The fraction of sp³-hybridized carbons (Fsp3) is 0.455. The van der Waals surface area contributed by atoms with Crippen LogP contribution in [-0.4, -0.2) is 53.1 Å². The summed E-state index contributed by atoms with van der Waals surface area (Å²) in [5, 5.41) is 12.9. The molecular weight excluding hydrogens is 479 g/mol. The molecule has 1 fully saturated rings. The Morgan fingerprint density at radius 2 is 1.71 bits per heavy atom. The SMILES string of the molecule is C.C.C1=COCCC1.Clc1ncc2cn[nH]c2n1.Clc1ncc2cnn(C3CCCCO3)c2n1. The average molecular weight is 509 g/mol. The number of aromatic nitrogens is 8. The van der Waals surface area contributed by atoms with E-state index in [1.54, 1.807) is 35.7 Å². The van der Waals surface area contributed by atoms with Crippen LogP contribution in [0, 0.1) is 0 Å². The zero-order chi connectivity index (χ0) is 22.2. The smallest absolute Gasteiger partial charge is 0.224 e. The highest BCUT2D eigenvalue weighted by Gasteiger charge is 2.19. The molecule has 6 rings (SSSR count). The number of hydrogen-bond donors (Lipinski definition) is 1. The van der Waals surface area contributed by atoms with Crippen LogP contribution in [0.2, 0.25) is 10.6 Å². The van der Waals surface area contributed by atoms with Crippen LogP contribution in [0.4, 0.5) is 0 Å². The van der Waals surface area contributed by atoms with Crippen LogP contribution in [0.25, 0.3) is 22.1 Å². The Bertz CT molecular complexity index is 1170. The molecule has 1 atom stereocenters. The number of nitrogens with zero attached hydrogens (tertiary/aromatic N) is 7. The van der Waals surface area contributed by atoms with Crippen molar-refractivity contribution in [3.05, 3.63) is 47.7 Å². The molecule has 0 saturated carbocycles. The number of allylic oxidation sites excluding steroid dienone is 1. The van der Waals surface area contributed by atoms with E-state index < -0.39 is 0 Å². The van der Waals surface area contributed by atoms with Gasteiger partial charge < -0.3 is 9.47 Å². The van der Waals surface area contributed by atoms with Crippen molar-refractivity contribution < 1.29 is 9.47 Å². The summed E-state index contributed by atoms with van der Waals surface area (Å²) in [7, 11) is 0. The van der Waals surface area contributed by atoms with Crippen molar-refractivity contribution in [2.75, 3.05) is 13.2 Å². The molecule has 0 bridgehead atoms. The Kier molecular flexibility index (Phi) is 11.1. The van der Waals surface area contributed by atoms with Crippen LogP contribution in [0.1, 0.15) is 53.2 Å². The molecule has 4 aromatic rings. The molecule has 1 saturated heterocycles. The molecule has 0 radical (unpaired) electrons. The van der Waals surface area contributed by atoms with Crippen molar-refractivity contribution in [2.45, 2.75) is 53.2 Å². The Morgan fingerprint density at radius 1 is 0.912 bits per heavy atom. The zero-order valence-electron chi connectivity index (χ0n) is 17.2. The highest BCUT2D eigenvalue weighted by Crippen LogP contribution is 2.25. The molecule has 0 amide bonds. The molecule has 1 unspecified atom stereocenters. The minimum atomic E-state index is -0.0165. The Morgan fingerprint density at radius 3 is 2.35 bits per heavy atom. The van der Waals surface area contributed by atoms with Gasteiger partial charge in [0.25, 0.3) is 0 Å². The van der Waals surface area contributed by atoms with E-state index in [9.17, 15) is 0 Å². The summed E-state index contributed by atoms with van der Waals surface area (Å²) < 4.78 is 12.3. The predicted molar refractivity (Wildman–Crippen MR) is 134 cm³/mol. The molecule has 184 valence electrons. The molecule has 0 spiro atoms. The van der Waals surface area contributed by atoms with Gasteiger partial charge in [0, 0.05) is 19.0 Å². The quantitative estimate of drug-likeness (QED) is 0.322. The van der Waals surface area contributed by atoms with Crippen LogP contribution >= 0.6 is 23.2 Å². The summed E-state index contributed by atoms with van der Waals surface area (Å²) in [6.45, 7) is 1.70. The van der Waals surface area contributed by atoms with Crippen molar-refractivity contribution in [3.63, 3.8) is 0 Å². The fourth-order valence-corrected chi connectivity index (χ4v) is 3.41. The summed E-state index contributed by atoms with van der Waals surface area (Å²) in [6, 6.07) is 0. The first-order chi connectivity index (χ1) is 15.7. The second kappa shape index (κ2) is 13.8. The van der Waals surface area contributed by atoms with E-state index in [4.69, 9.17) is 32.7 Å². The van der Waals surface area contributed by atoms with Gasteiger partial charge in [-0.2, -0.15) is 20.2 Å². The molecule has 4 aromatic heterocycles. The Hall–Kier alpha value is -2.82. The third kappa shape index (κ3) is 7.34. The van der Waals surface area contributed by atoms with Crippen LogP contribution in [0.5, 0.6) is 0 Å². The summed E-state index contributed by atoms with van der Waals surface area (Å²) in [6.07, 6.45) is 16.1. The standard InChI is InChI=1S/C10H11ClN4O.C5H3ClN4.C5H8O.2CH4/c11-10-12-5-7-6-13-15(9(7)14-10)8-3-1-2-4-16-8;6-5-7-1-3-2-8-10-4(3)9-5;1-2-4-6-5-3-1;;/h5-6,8H,1-4H2;1-2H,(H,7,8,9,10);2,4H,1,3,5H2;2*1H4. The summed E-state index contributed by atoms with van der Waals surface area (Å²) in [5.74, 6) is 0. The second-order valence-electron chi connectivity index (χ2n) is 7.03. The van der Waals surface area contributed by atoms with Crippen molar-refractivity contribution in [2.24, 2.45) is 0 Å². The average Bonchev–Trinajstić information content (AvgIpc) is 3.48. The highest BCUT2D eigenvalue weighted by atomic mass is 35.5. The summed E-state index contributed by atoms with van der Waals surface area (Å²) in [4.78, 5) is 15.8. The van der Waals surface area contributed by atoms with Gasteiger partial charge in [0.05, 0.1) is 36.0 Å². The molecule has 0 aromatic carbocycles. The lowest BCUT2D eigenvalue weighted by atomic mass is 10.2. The Labute approximate surface area is 208 Å². The normalized spacial score (nSPS) is 16.7. The van der Waals surface area contributed by atoms with E-state index in [1.165, 1.54) is 12.8 Å². The lowest BCUT2D eigenvalue weighted by molar-refractivity contribution is -0.0370. The fourth-order valence-electron chi connectivity index (χ4n) is 3.15. The number of aromatic amines is 1. The first kappa shape index (κ1) is 27.4. The molecule has 2 aliphatic rings.